The smallest absolute Gasteiger partial charge is 0.336 e. The number of amides is 2. The summed E-state index contributed by atoms with van der Waals surface area (Å²) in [5.74, 6) is -0.518. The van der Waals surface area contributed by atoms with Gasteiger partial charge in [0.05, 0.1) is 23.0 Å². The van der Waals surface area contributed by atoms with Gasteiger partial charge in [-0.1, -0.05) is 43.3 Å². The van der Waals surface area contributed by atoms with Gasteiger partial charge in [-0.2, -0.15) is 0 Å². The molecule has 3 aromatic carbocycles. The van der Waals surface area contributed by atoms with Crippen LogP contribution in [0.15, 0.2) is 82.4 Å². The van der Waals surface area contributed by atoms with Crippen LogP contribution in [-0.2, 0) is 29.0 Å². The van der Waals surface area contributed by atoms with Crippen molar-refractivity contribution in [1.29, 1.82) is 0 Å². The Morgan fingerprint density at radius 1 is 0.857 bits per heavy atom. The van der Waals surface area contributed by atoms with Crippen molar-refractivity contribution in [2.75, 3.05) is 12.4 Å². The van der Waals surface area contributed by atoms with E-state index in [9.17, 15) is 19.2 Å². The molecule has 0 aliphatic carbocycles. The normalized spacial score (nSPS) is 10.8. The van der Waals surface area contributed by atoms with Crippen molar-refractivity contribution in [3.05, 3.63) is 105 Å². The zero-order valence-electron chi connectivity index (χ0n) is 19.6. The Bertz CT molecular complexity index is 1520. The van der Waals surface area contributed by atoms with E-state index < -0.39 is 11.2 Å². The third-order valence-electron chi connectivity index (χ3n) is 5.81. The molecule has 0 spiro atoms. The first-order chi connectivity index (χ1) is 16.9. The topological polar surface area (TPSA) is 102 Å². The fraction of sp³-hybridized carbons (Fsp3) is 0.185. The van der Waals surface area contributed by atoms with Gasteiger partial charge in [0, 0.05) is 12.7 Å². The standard InChI is InChI=1S/C27H26N4O4/c1-3-18-7-6-8-20(15-18)29-25(33)17-30-23-10-5-4-9-22(23)26(34)31(27(30)35)21-13-11-19(12-14-21)16-24(32)28-2/h4-15H,3,16-17H2,1-2H3,(H,28,32)(H,29,33). The molecule has 0 radical (unpaired) electrons. The molecular formula is C27H26N4O4. The third kappa shape index (κ3) is 5.06. The molecule has 0 saturated heterocycles. The fourth-order valence-corrected chi connectivity index (χ4v) is 3.95. The second-order valence-electron chi connectivity index (χ2n) is 8.14. The number of nitrogens with one attached hydrogen (secondary N) is 2. The van der Waals surface area contributed by atoms with Crippen molar-refractivity contribution in [1.82, 2.24) is 14.5 Å². The van der Waals surface area contributed by atoms with E-state index in [0.717, 1.165) is 22.1 Å². The van der Waals surface area contributed by atoms with Crippen LogP contribution < -0.4 is 21.9 Å². The molecule has 4 rings (SSSR count). The van der Waals surface area contributed by atoms with Gasteiger partial charge >= 0.3 is 5.69 Å². The predicted molar refractivity (Wildman–Crippen MR) is 136 cm³/mol. The van der Waals surface area contributed by atoms with Gasteiger partial charge in [0.25, 0.3) is 5.56 Å². The quantitative estimate of drug-likeness (QED) is 0.434. The Morgan fingerprint density at radius 3 is 2.31 bits per heavy atom. The van der Waals surface area contributed by atoms with Crippen molar-refractivity contribution in [3.8, 4) is 5.69 Å². The van der Waals surface area contributed by atoms with Gasteiger partial charge in [0.1, 0.15) is 6.54 Å². The maximum Gasteiger partial charge on any atom is 0.336 e. The zero-order chi connectivity index (χ0) is 24.9. The second-order valence-corrected chi connectivity index (χ2v) is 8.14. The Morgan fingerprint density at radius 2 is 1.60 bits per heavy atom. The molecular weight excluding hydrogens is 444 g/mol. The number of nitrogens with zero attached hydrogens (tertiary/aromatic N) is 2. The number of carbonyl (C=O) groups excluding carboxylic acids is 2. The van der Waals surface area contributed by atoms with Gasteiger partial charge in [0.15, 0.2) is 0 Å². The van der Waals surface area contributed by atoms with Crippen molar-refractivity contribution < 1.29 is 9.59 Å². The lowest BCUT2D eigenvalue weighted by Crippen LogP contribution is -2.40. The van der Waals surface area contributed by atoms with E-state index in [1.54, 1.807) is 61.6 Å². The van der Waals surface area contributed by atoms with Crippen molar-refractivity contribution in [3.63, 3.8) is 0 Å². The van der Waals surface area contributed by atoms with E-state index in [1.165, 1.54) is 4.57 Å². The number of hydrogen-bond donors (Lipinski definition) is 2. The highest BCUT2D eigenvalue weighted by atomic mass is 16.2. The highest BCUT2D eigenvalue weighted by Gasteiger charge is 2.17. The summed E-state index contributed by atoms with van der Waals surface area (Å²) in [4.78, 5) is 51.3. The van der Waals surface area contributed by atoms with E-state index >= 15 is 0 Å². The van der Waals surface area contributed by atoms with Crippen LogP contribution >= 0.6 is 0 Å². The van der Waals surface area contributed by atoms with Gasteiger partial charge < -0.3 is 10.6 Å². The van der Waals surface area contributed by atoms with Crippen LogP contribution in [0, 0.1) is 0 Å². The SMILES string of the molecule is CCc1cccc(NC(=O)Cn2c(=O)n(-c3ccc(CC(=O)NC)cc3)c(=O)c3ccccc32)c1. The molecule has 0 aliphatic rings. The maximum atomic E-state index is 13.5. The monoisotopic (exact) mass is 470 g/mol. The zero-order valence-corrected chi connectivity index (χ0v) is 19.6. The largest absolute Gasteiger partial charge is 0.359 e. The van der Waals surface area contributed by atoms with Crippen LogP contribution in [0.3, 0.4) is 0 Å². The number of likely N-dealkylation sites (N-methyl/N-ethyl adjacent to an activating group) is 1. The molecule has 0 bridgehead atoms. The number of para-hydroxylation sites is 1. The lowest BCUT2D eigenvalue weighted by atomic mass is 10.1. The highest BCUT2D eigenvalue weighted by molar-refractivity contribution is 5.91. The first-order valence-corrected chi connectivity index (χ1v) is 11.3. The van der Waals surface area contributed by atoms with E-state index in [2.05, 4.69) is 10.6 Å². The van der Waals surface area contributed by atoms with Gasteiger partial charge in [-0.25, -0.2) is 9.36 Å². The summed E-state index contributed by atoms with van der Waals surface area (Å²) in [7, 11) is 1.56. The Hall–Kier alpha value is -4.46. The maximum absolute atomic E-state index is 13.5. The van der Waals surface area contributed by atoms with Crippen LogP contribution in [0.5, 0.6) is 0 Å². The van der Waals surface area contributed by atoms with Crippen LogP contribution in [0.2, 0.25) is 0 Å². The molecule has 8 nitrogen and oxygen atoms in total. The summed E-state index contributed by atoms with van der Waals surface area (Å²) in [6.07, 6.45) is 1.02. The van der Waals surface area contributed by atoms with Crippen LogP contribution in [0.25, 0.3) is 16.6 Å². The molecule has 178 valence electrons. The number of aryl methyl sites for hydroxylation is 1. The molecule has 0 unspecified atom stereocenters. The molecule has 0 atom stereocenters. The summed E-state index contributed by atoms with van der Waals surface area (Å²) >= 11 is 0. The van der Waals surface area contributed by atoms with Crippen molar-refractivity contribution in [2.24, 2.45) is 0 Å². The minimum Gasteiger partial charge on any atom is -0.359 e. The Kier molecular flexibility index (Phi) is 6.91. The minimum atomic E-state index is -0.620. The van der Waals surface area contributed by atoms with Crippen molar-refractivity contribution in [2.45, 2.75) is 26.3 Å². The number of fused-ring (bicyclic) bond motifs is 1. The number of benzene rings is 3. The molecule has 35 heavy (non-hydrogen) atoms. The molecule has 0 saturated carbocycles. The van der Waals surface area contributed by atoms with Gasteiger partial charge in [-0.05, 0) is 53.9 Å². The molecule has 0 fully saturated rings. The Labute approximate surface area is 201 Å². The summed E-state index contributed by atoms with van der Waals surface area (Å²) in [5, 5.41) is 5.72. The summed E-state index contributed by atoms with van der Waals surface area (Å²) in [5.41, 5.74) is 2.12. The van der Waals surface area contributed by atoms with Crippen LogP contribution in [0.1, 0.15) is 18.1 Å². The summed E-state index contributed by atoms with van der Waals surface area (Å²) in [6, 6.07) is 20.9. The fourth-order valence-electron chi connectivity index (χ4n) is 3.95. The average molecular weight is 471 g/mol. The molecule has 4 aromatic rings. The molecule has 0 aliphatic heterocycles. The minimum absolute atomic E-state index is 0.140. The number of rotatable bonds is 7. The van der Waals surface area contributed by atoms with Gasteiger partial charge in [-0.3, -0.25) is 19.0 Å². The molecule has 1 heterocycles. The molecule has 2 N–H and O–H groups in total. The van der Waals surface area contributed by atoms with Crippen molar-refractivity contribution >= 4 is 28.4 Å². The van der Waals surface area contributed by atoms with Crippen LogP contribution in [-0.4, -0.2) is 28.0 Å². The lowest BCUT2D eigenvalue weighted by Gasteiger charge is -2.15. The summed E-state index contributed by atoms with van der Waals surface area (Å²) < 4.78 is 2.35. The van der Waals surface area contributed by atoms with Gasteiger partial charge in [-0.15, -0.1) is 0 Å². The van der Waals surface area contributed by atoms with E-state index in [0.29, 0.717) is 22.3 Å². The molecule has 2 amide bonds. The average Bonchev–Trinajstić information content (AvgIpc) is 2.87. The molecule has 8 heteroatoms. The predicted octanol–water partition coefficient (Wildman–Crippen LogP) is 2.64. The lowest BCUT2D eigenvalue weighted by molar-refractivity contribution is -0.120. The highest BCUT2D eigenvalue weighted by Crippen LogP contribution is 2.14. The van der Waals surface area contributed by atoms with Crippen LogP contribution in [0.4, 0.5) is 5.69 Å². The third-order valence-corrected chi connectivity index (χ3v) is 5.81. The first-order valence-electron chi connectivity index (χ1n) is 11.3. The first kappa shape index (κ1) is 23.7. The number of hydrogen-bond acceptors (Lipinski definition) is 4. The Balaban J connectivity index is 1.74. The number of anilines is 1. The van der Waals surface area contributed by atoms with E-state index in [1.807, 2.05) is 25.1 Å². The van der Waals surface area contributed by atoms with Gasteiger partial charge in [0.2, 0.25) is 11.8 Å². The number of aromatic nitrogens is 2. The molecule has 1 aromatic heterocycles. The van der Waals surface area contributed by atoms with E-state index in [-0.39, 0.29) is 24.8 Å². The van der Waals surface area contributed by atoms with E-state index in [4.69, 9.17) is 0 Å². The number of carbonyl (C=O) groups is 2. The second kappa shape index (κ2) is 10.2. The summed E-state index contributed by atoms with van der Waals surface area (Å²) in [6.45, 7) is 1.77.